The maximum Gasteiger partial charge on any atom is 0.313 e. The van der Waals surface area contributed by atoms with Crippen LogP contribution in [0.2, 0.25) is 0 Å². The first-order valence-corrected chi connectivity index (χ1v) is 8.41. The number of fused-ring (bicyclic) bond motifs is 1. The van der Waals surface area contributed by atoms with Gasteiger partial charge in [-0.1, -0.05) is 31.9 Å². The Kier molecular flexibility index (Phi) is 5.92. The fourth-order valence-electron chi connectivity index (χ4n) is 3.98. The highest BCUT2D eigenvalue weighted by Crippen LogP contribution is 2.43. The summed E-state index contributed by atoms with van der Waals surface area (Å²) in [5, 5.41) is 0. The summed E-state index contributed by atoms with van der Waals surface area (Å²) in [6.45, 7) is 4.01. The van der Waals surface area contributed by atoms with Gasteiger partial charge in [-0.05, 0) is 37.5 Å². The van der Waals surface area contributed by atoms with Crippen molar-refractivity contribution in [3.63, 3.8) is 0 Å². The van der Waals surface area contributed by atoms with Gasteiger partial charge in [-0.15, -0.1) is 0 Å². The Morgan fingerprint density at radius 3 is 2.55 bits per heavy atom. The first-order chi connectivity index (χ1) is 10.5. The average molecular weight is 306 g/mol. The first kappa shape index (κ1) is 16.9. The van der Waals surface area contributed by atoms with Gasteiger partial charge in [-0.25, -0.2) is 0 Å². The molecule has 0 spiro atoms. The Labute approximate surface area is 132 Å². The van der Waals surface area contributed by atoms with Crippen LogP contribution >= 0.6 is 0 Å². The number of esters is 1. The molecule has 0 aromatic rings. The summed E-state index contributed by atoms with van der Waals surface area (Å²) >= 11 is 0. The van der Waals surface area contributed by atoms with Gasteiger partial charge in [0.2, 0.25) is 0 Å². The molecule has 2 aliphatic rings. The monoisotopic (exact) mass is 306 g/mol. The van der Waals surface area contributed by atoms with Crippen molar-refractivity contribution < 1.29 is 19.1 Å². The third kappa shape index (κ3) is 4.05. The third-order valence-corrected chi connectivity index (χ3v) is 4.95. The number of carbonyl (C=O) groups excluding carboxylic acids is 3. The lowest BCUT2D eigenvalue weighted by atomic mass is 9.63. The minimum atomic E-state index is -0.535. The van der Waals surface area contributed by atoms with E-state index in [4.69, 9.17) is 4.74 Å². The number of ether oxygens (including phenoxy) is 1. The van der Waals surface area contributed by atoms with Crippen molar-refractivity contribution in [3.8, 4) is 0 Å². The molecule has 4 heteroatoms. The molecule has 4 atom stereocenters. The molecule has 0 aromatic carbocycles. The lowest BCUT2D eigenvalue weighted by molar-refractivity contribution is -0.145. The molecule has 0 unspecified atom stereocenters. The number of Topliss-reactive ketones (excluding diaryl/α,β-unsaturated/α-hetero) is 2. The van der Waals surface area contributed by atoms with Crippen molar-refractivity contribution in [1.82, 2.24) is 0 Å². The maximum atomic E-state index is 12.6. The smallest absolute Gasteiger partial charge is 0.313 e. The number of carbonyl (C=O) groups is 3. The summed E-state index contributed by atoms with van der Waals surface area (Å²) < 4.78 is 4.76. The van der Waals surface area contributed by atoms with E-state index in [1.807, 2.05) is 0 Å². The van der Waals surface area contributed by atoms with Gasteiger partial charge in [0.15, 0.2) is 5.78 Å². The summed E-state index contributed by atoms with van der Waals surface area (Å²) in [5.74, 6) is 0.118. The van der Waals surface area contributed by atoms with Crippen molar-refractivity contribution in [2.45, 2.75) is 52.4 Å². The standard InChI is InChI=1S/C18H26O4/c1-3-22-17(21)11-14(19)10-16(20)18-12(2)8-9-13-6-4-5-7-15(13)18/h8-9,12-13,15,18H,3-7,10-11H2,1-2H3/t12-,13+,15-,18-/m1/s1. The molecule has 4 nitrogen and oxygen atoms in total. The molecule has 0 N–H and O–H groups in total. The molecule has 0 heterocycles. The molecule has 0 aromatic heterocycles. The van der Waals surface area contributed by atoms with Gasteiger partial charge in [-0.2, -0.15) is 0 Å². The van der Waals surface area contributed by atoms with Gasteiger partial charge in [0.25, 0.3) is 0 Å². The summed E-state index contributed by atoms with van der Waals surface area (Å²) in [7, 11) is 0. The molecule has 0 saturated heterocycles. The molecule has 0 bridgehead atoms. The zero-order valence-corrected chi connectivity index (χ0v) is 13.5. The molecule has 2 aliphatic carbocycles. The van der Waals surface area contributed by atoms with Crippen LogP contribution in [0.3, 0.4) is 0 Å². The van der Waals surface area contributed by atoms with Crippen LogP contribution in [0.15, 0.2) is 12.2 Å². The van der Waals surface area contributed by atoms with Gasteiger partial charge < -0.3 is 4.74 Å². The molecule has 0 amide bonds. The second kappa shape index (κ2) is 7.70. The molecule has 122 valence electrons. The zero-order chi connectivity index (χ0) is 16.1. The Morgan fingerprint density at radius 1 is 1.09 bits per heavy atom. The molecule has 2 rings (SSSR count). The van der Waals surface area contributed by atoms with E-state index in [-0.39, 0.29) is 42.9 Å². The summed E-state index contributed by atoms with van der Waals surface area (Å²) in [6, 6.07) is 0. The van der Waals surface area contributed by atoms with E-state index in [0.29, 0.717) is 11.8 Å². The van der Waals surface area contributed by atoms with Crippen LogP contribution in [0.1, 0.15) is 52.4 Å². The number of ketones is 2. The predicted octanol–water partition coefficient (Wildman–Crippen LogP) is 3.10. The van der Waals surface area contributed by atoms with E-state index in [9.17, 15) is 14.4 Å². The van der Waals surface area contributed by atoms with Gasteiger partial charge in [0, 0.05) is 5.92 Å². The van der Waals surface area contributed by atoms with Crippen LogP contribution in [0.4, 0.5) is 0 Å². The molecule has 0 radical (unpaired) electrons. The van der Waals surface area contributed by atoms with E-state index in [1.165, 1.54) is 12.8 Å². The molecule has 1 fully saturated rings. The number of hydrogen-bond acceptors (Lipinski definition) is 4. The van der Waals surface area contributed by atoms with Crippen LogP contribution in [-0.2, 0) is 19.1 Å². The Bertz CT molecular complexity index is 466. The molecule has 1 saturated carbocycles. The number of hydrogen-bond donors (Lipinski definition) is 0. The SMILES string of the molecule is CCOC(=O)CC(=O)CC(=O)[C@H]1[C@@H]2CCCC[C@H]2C=C[C@H]1C. The largest absolute Gasteiger partial charge is 0.466 e. The van der Waals surface area contributed by atoms with Crippen molar-refractivity contribution in [3.05, 3.63) is 12.2 Å². The summed E-state index contributed by atoms with van der Waals surface area (Å²) in [4.78, 5) is 35.9. The van der Waals surface area contributed by atoms with Crippen LogP contribution < -0.4 is 0 Å². The van der Waals surface area contributed by atoms with E-state index in [1.54, 1.807) is 6.92 Å². The number of allylic oxidation sites excluding steroid dienone is 2. The van der Waals surface area contributed by atoms with Gasteiger partial charge in [0.1, 0.15) is 12.2 Å². The van der Waals surface area contributed by atoms with Crippen LogP contribution in [0.5, 0.6) is 0 Å². The minimum Gasteiger partial charge on any atom is -0.466 e. The maximum absolute atomic E-state index is 12.6. The van der Waals surface area contributed by atoms with Crippen molar-refractivity contribution in [2.75, 3.05) is 6.61 Å². The Hall–Kier alpha value is -1.45. The van der Waals surface area contributed by atoms with E-state index < -0.39 is 5.97 Å². The topological polar surface area (TPSA) is 60.4 Å². The van der Waals surface area contributed by atoms with E-state index in [2.05, 4.69) is 19.1 Å². The average Bonchev–Trinajstić information content (AvgIpc) is 2.46. The van der Waals surface area contributed by atoms with Crippen LogP contribution in [-0.4, -0.2) is 24.1 Å². The van der Waals surface area contributed by atoms with E-state index >= 15 is 0 Å². The first-order valence-electron chi connectivity index (χ1n) is 8.41. The quantitative estimate of drug-likeness (QED) is 0.430. The molecular formula is C18H26O4. The third-order valence-electron chi connectivity index (χ3n) is 4.95. The highest BCUT2D eigenvalue weighted by molar-refractivity contribution is 6.06. The fraction of sp³-hybridized carbons (Fsp3) is 0.722. The second-order valence-corrected chi connectivity index (χ2v) is 6.55. The van der Waals surface area contributed by atoms with Crippen molar-refractivity contribution in [2.24, 2.45) is 23.7 Å². The molecule has 0 aliphatic heterocycles. The summed E-state index contributed by atoms with van der Waals surface area (Å²) in [5.41, 5.74) is 0. The number of rotatable bonds is 6. The highest BCUT2D eigenvalue weighted by Gasteiger charge is 2.40. The van der Waals surface area contributed by atoms with Crippen LogP contribution in [0.25, 0.3) is 0 Å². The predicted molar refractivity (Wildman–Crippen MR) is 83.1 cm³/mol. The lowest BCUT2D eigenvalue weighted by Gasteiger charge is -2.40. The van der Waals surface area contributed by atoms with E-state index in [0.717, 1.165) is 12.8 Å². The Morgan fingerprint density at radius 2 is 1.82 bits per heavy atom. The fourth-order valence-corrected chi connectivity index (χ4v) is 3.98. The highest BCUT2D eigenvalue weighted by atomic mass is 16.5. The minimum absolute atomic E-state index is 0.00282. The van der Waals surface area contributed by atoms with Crippen molar-refractivity contribution >= 4 is 17.5 Å². The lowest BCUT2D eigenvalue weighted by Crippen LogP contribution is -2.38. The van der Waals surface area contributed by atoms with Gasteiger partial charge in [0.05, 0.1) is 13.0 Å². The van der Waals surface area contributed by atoms with Crippen molar-refractivity contribution in [1.29, 1.82) is 0 Å². The zero-order valence-electron chi connectivity index (χ0n) is 13.5. The Balaban J connectivity index is 1.97. The summed E-state index contributed by atoms with van der Waals surface area (Å²) in [6.07, 6.45) is 8.58. The van der Waals surface area contributed by atoms with Gasteiger partial charge in [-0.3, -0.25) is 14.4 Å². The molecular weight excluding hydrogens is 280 g/mol. The van der Waals surface area contributed by atoms with Crippen LogP contribution in [0, 0.1) is 23.7 Å². The second-order valence-electron chi connectivity index (χ2n) is 6.55. The molecule has 22 heavy (non-hydrogen) atoms. The normalized spacial score (nSPS) is 30.5. The van der Waals surface area contributed by atoms with Gasteiger partial charge >= 0.3 is 5.97 Å².